The number of aryl methyl sites for hydroxylation is 1. The molecule has 0 spiro atoms. The second kappa shape index (κ2) is 14.2. The zero-order chi connectivity index (χ0) is 18.3. The van der Waals surface area contributed by atoms with E-state index in [9.17, 15) is 9.36 Å². The Bertz CT molecular complexity index is 754. The van der Waals surface area contributed by atoms with Crippen molar-refractivity contribution in [3.8, 4) is 11.5 Å². The van der Waals surface area contributed by atoms with Gasteiger partial charge in [0.15, 0.2) is 0 Å². The number of hydrogen-bond acceptors (Lipinski definition) is 3. The maximum atomic E-state index is 11.7. The number of ether oxygens (including phenoxy) is 1. The predicted molar refractivity (Wildman–Crippen MR) is 107 cm³/mol. The standard InChI is InChI=1S/C18H22NO5P.2K/c1-19(18(20)14-25(21,22)23)12-6-8-15-7-5-11-17(13-15)24-16-9-3-2-4-10-16;;/h2-5,7,9-11,13H,6,8,12,14H2,1H3,(H2,21,22,23);;. The van der Waals surface area contributed by atoms with Crippen molar-refractivity contribution < 1.29 is 23.9 Å². The molecule has 6 nitrogen and oxygen atoms in total. The van der Waals surface area contributed by atoms with Gasteiger partial charge in [0, 0.05) is 116 Å². The molecule has 0 saturated heterocycles. The van der Waals surface area contributed by atoms with Crippen LogP contribution in [0.2, 0.25) is 0 Å². The molecule has 136 valence electrons. The van der Waals surface area contributed by atoms with E-state index in [4.69, 9.17) is 14.5 Å². The fourth-order valence-electron chi connectivity index (χ4n) is 2.33. The third-order valence-corrected chi connectivity index (χ3v) is 4.29. The van der Waals surface area contributed by atoms with Crippen LogP contribution in [0.4, 0.5) is 0 Å². The van der Waals surface area contributed by atoms with E-state index < -0.39 is 19.7 Å². The molecule has 1 amide bonds. The number of carbonyl (C=O) groups is 1. The topological polar surface area (TPSA) is 87.1 Å². The van der Waals surface area contributed by atoms with Crippen molar-refractivity contribution >= 4 is 116 Å². The fourth-order valence-corrected chi connectivity index (χ4v) is 2.92. The third kappa shape index (κ3) is 11.8. The van der Waals surface area contributed by atoms with Crippen LogP contribution in [0.5, 0.6) is 11.5 Å². The summed E-state index contributed by atoms with van der Waals surface area (Å²) < 4.78 is 16.7. The van der Waals surface area contributed by atoms with Gasteiger partial charge < -0.3 is 19.4 Å². The molecule has 0 bridgehead atoms. The number of rotatable bonds is 8. The summed E-state index contributed by atoms with van der Waals surface area (Å²) in [6, 6.07) is 17.2. The molecule has 2 aromatic carbocycles. The van der Waals surface area contributed by atoms with E-state index in [1.165, 1.54) is 4.90 Å². The molecule has 2 aromatic rings. The summed E-state index contributed by atoms with van der Waals surface area (Å²) in [6.07, 6.45) is 0.682. The van der Waals surface area contributed by atoms with Gasteiger partial charge in [0.25, 0.3) is 0 Å². The molecule has 0 saturated carbocycles. The van der Waals surface area contributed by atoms with Crippen LogP contribution in [0.1, 0.15) is 12.0 Å². The summed E-state index contributed by atoms with van der Waals surface area (Å²) in [6.45, 7) is 0.433. The van der Waals surface area contributed by atoms with E-state index in [0.29, 0.717) is 13.0 Å². The van der Waals surface area contributed by atoms with Crippen LogP contribution in [-0.2, 0) is 15.8 Å². The van der Waals surface area contributed by atoms with Crippen LogP contribution in [0.25, 0.3) is 0 Å². The maximum absolute atomic E-state index is 11.7. The average Bonchev–Trinajstić information content (AvgIpc) is 2.54. The SMILES string of the molecule is CN(CCCc1cccc(Oc2ccccc2)c1)C(=O)CP(=O)(O)O.[K].[K]. The molecule has 0 unspecified atom stereocenters. The van der Waals surface area contributed by atoms with Crippen molar-refractivity contribution in [3.05, 3.63) is 60.2 Å². The summed E-state index contributed by atoms with van der Waals surface area (Å²) in [5.74, 6) is 0.964. The van der Waals surface area contributed by atoms with E-state index in [1.807, 2.05) is 54.6 Å². The largest absolute Gasteiger partial charge is 0.457 e. The molecule has 0 aliphatic carbocycles. The molecule has 9 heteroatoms. The molecule has 0 fully saturated rings. The summed E-state index contributed by atoms with van der Waals surface area (Å²) in [7, 11) is -2.77. The van der Waals surface area contributed by atoms with Gasteiger partial charge >= 0.3 is 7.60 Å². The first-order valence-corrected chi connectivity index (χ1v) is 9.73. The molecular weight excluding hydrogens is 419 g/mol. The summed E-state index contributed by atoms with van der Waals surface area (Å²) in [5.41, 5.74) is 1.07. The average molecular weight is 442 g/mol. The van der Waals surface area contributed by atoms with Gasteiger partial charge in [-0.2, -0.15) is 0 Å². The van der Waals surface area contributed by atoms with E-state index in [2.05, 4.69) is 0 Å². The predicted octanol–water partition coefficient (Wildman–Crippen LogP) is 2.29. The van der Waals surface area contributed by atoms with Crippen molar-refractivity contribution in [2.75, 3.05) is 19.8 Å². The van der Waals surface area contributed by atoms with Gasteiger partial charge in [-0.15, -0.1) is 0 Å². The Morgan fingerprint density at radius 2 is 1.67 bits per heavy atom. The molecule has 0 aliphatic heterocycles. The summed E-state index contributed by atoms with van der Waals surface area (Å²) in [5, 5.41) is 0. The number of amides is 1. The van der Waals surface area contributed by atoms with Gasteiger partial charge in [0.1, 0.15) is 17.7 Å². The molecule has 0 heterocycles. The zero-order valence-electron chi connectivity index (χ0n) is 16.0. The van der Waals surface area contributed by atoms with Crippen LogP contribution in [0, 0.1) is 0 Å². The van der Waals surface area contributed by atoms with Gasteiger partial charge in [0.05, 0.1) is 0 Å². The molecule has 0 atom stereocenters. The van der Waals surface area contributed by atoms with Crippen LogP contribution in [0.15, 0.2) is 54.6 Å². The maximum Gasteiger partial charge on any atom is 0.334 e. The van der Waals surface area contributed by atoms with Gasteiger partial charge in [0.2, 0.25) is 5.91 Å². The molecule has 2 rings (SSSR count). The third-order valence-electron chi connectivity index (χ3n) is 3.60. The minimum absolute atomic E-state index is 0. The Balaban J connectivity index is 0.00000338. The first-order valence-electron chi connectivity index (χ1n) is 7.94. The number of benzene rings is 2. The monoisotopic (exact) mass is 441 g/mol. The van der Waals surface area contributed by atoms with E-state index in [-0.39, 0.29) is 103 Å². The van der Waals surface area contributed by atoms with Crippen molar-refractivity contribution in [1.82, 2.24) is 4.90 Å². The first kappa shape index (κ1) is 28.1. The van der Waals surface area contributed by atoms with Crippen molar-refractivity contribution in [2.45, 2.75) is 12.8 Å². The number of nitrogens with zero attached hydrogens (tertiary/aromatic N) is 1. The van der Waals surface area contributed by atoms with Crippen LogP contribution in [0.3, 0.4) is 0 Å². The number of carbonyl (C=O) groups excluding carboxylic acids is 1. The Morgan fingerprint density at radius 1 is 1.04 bits per heavy atom. The van der Waals surface area contributed by atoms with E-state index >= 15 is 0 Å². The van der Waals surface area contributed by atoms with Gasteiger partial charge in [-0.3, -0.25) is 9.36 Å². The summed E-state index contributed by atoms with van der Waals surface area (Å²) >= 11 is 0. The molecule has 2 radical (unpaired) electrons. The van der Waals surface area contributed by atoms with Gasteiger partial charge in [-0.1, -0.05) is 30.3 Å². The molecule has 0 aromatic heterocycles. The molecule has 0 aliphatic rings. The van der Waals surface area contributed by atoms with Crippen molar-refractivity contribution in [1.29, 1.82) is 0 Å². The smallest absolute Gasteiger partial charge is 0.334 e. The van der Waals surface area contributed by atoms with Crippen LogP contribution < -0.4 is 4.74 Å². The summed E-state index contributed by atoms with van der Waals surface area (Å²) in [4.78, 5) is 30.7. The van der Waals surface area contributed by atoms with E-state index in [0.717, 1.165) is 23.5 Å². The Kier molecular flexibility index (Phi) is 14.8. The second-order valence-corrected chi connectivity index (χ2v) is 7.45. The fraction of sp³-hybridized carbons (Fsp3) is 0.278. The number of para-hydroxylation sites is 1. The Morgan fingerprint density at radius 3 is 2.30 bits per heavy atom. The molecule has 2 N–H and O–H groups in total. The quantitative estimate of drug-likeness (QED) is 0.485. The first-order chi connectivity index (χ1) is 11.8. The minimum Gasteiger partial charge on any atom is -0.457 e. The van der Waals surface area contributed by atoms with Crippen LogP contribution in [-0.4, -0.2) is 143 Å². The Hall–Kier alpha value is 1.13. The minimum atomic E-state index is -4.31. The number of hydrogen-bond donors (Lipinski definition) is 2. The van der Waals surface area contributed by atoms with Crippen LogP contribution >= 0.6 is 7.60 Å². The molecule has 27 heavy (non-hydrogen) atoms. The molecular formula is C18H22K2NO5P. The normalized spacial score (nSPS) is 10.3. The zero-order valence-corrected chi connectivity index (χ0v) is 23.2. The van der Waals surface area contributed by atoms with Gasteiger partial charge in [-0.05, 0) is 42.7 Å². The second-order valence-electron chi connectivity index (χ2n) is 5.80. The van der Waals surface area contributed by atoms with Crippen molar-refractivity contribution in [3.63, 3.8) is 0 Å². The van der Waals surface area contributed by atoms with E-state index in [1.54, 1.807) is 7.05 Å². The van der Waals surface area contributed by atoms with Crippen molar-refractivity contribution in [2.24, 2.45) is 0 Å². The Labute approximate surface area is 245 Å². The van der Waals surface area contributed by atoms with Gasteiger partial charge in [-0.25, -0.2) is 0 Å².